The minimum absolute atomic E-state index is 0.245. The van der Waals surface area contributed by atoms with Crippen LogP contribution in [-0.4, -0.2) is 38.9 Å². The maximum absolute atomic E-state index is 12.8. The molecule has 2 aromatic carbocycles. The number of nitrogens with one attached hydrogen (secondary N) is 1. The first-order chi connectivity index (χ1) is 13.3. The number of anilines is 1. The third-order valence-corrected chi connectivity index (χ3v) is 6.02. The maximum Gasteiger partial charge on any atom is 0.261 e. The van der Waals surface area contributed by atoms with Gasteiger partial charge in [-0.25, -0.2) is 8.42 Å². The molecule has 0 aliphatic rings. The van der Waals surface area contributed by atoms with Crippen LogP contribution in [0.15, 0.2) is 59.5 Å². The first-order valence-corrected chi connectivity index (χ1v) is 11.0. The standard InChI is InChI=1S/C22H27N3O2S/c1-17-10-14-20(15-11-17)28(26,27)24-21-9-6-7-18-12-13-19(23-22(18)21)8-4-5-16-25(2)3/h6-7,9-15,24H,4-5,8,16H2,1-3H3. The number of hydrogen-bond acceptors (Lipinski definition) is 4. The first kappa shape index (κ1) is 20.3. The Kier molecular flexibility index (Phi) is 6.31. The van der Waals surface area contributed by atoms with E-state index in [1.807, 2.05) is 31.2 Å². The molecule has 0 saturated heterocycles. The third kappa shape index (κ3) is 5.09. The van der Waals surface area contributed by atoms with Crippen molar-refractivity contribution in [3.05, 3.63) is 65.9 Å². The molecule has 6 heteroatoms. The van der Waals surface area contributed by atoms with E-state index < -0.39 is 10.0 Å². The topological polar surface area (TPSA) is 62.3 Å². The number of aryl methyl sites for hydroxylation is 2. The average Bonchev–Trinajstić information content (AvgIpc) is 2.65. The minimum atomic E-state index is -3.66. The van der Waals surface area contributed by atoms with Crippen LogP contribution in [0, 0.1) is 6.92 Å². The molecule has 0 spiro atoms. The highest BCUT2D eigenvalue weighted by atomic mass is 32.2. The van der Waals surface area contributed by atoms with Crippen LogP contribution in [0.3, 0.4) is 0 Å². The third-order valence-electron chi connectivity index (χ3n) is 4.64. The minimum Gasteiger partial charge on any atom is -0.309 e. The van der Waals surface area contributed by atoms with Crippen molar-refractivity contribution in [3.63, 3.8) is 0 Å². The van der Waals surface area contributed by atoms with Gasteiger partial charge in [0.1, 0.15) is 0 Å². The SMILES string of the molecule is Cc1ccc(S(=O)(=O)Nc2cccc3ccc(CCCCN(C)C)nc23)cc1. The predicted octanol–water partition coefficient (Wildman–Crippen LogP) is 4.23. The van der Waals surface area contributed by atoms with Gasteiger partial charge in [-0.2, -0.15) is 0 Å². The van der Waals surface area contributed by atoms with Crippen molar-refractivity contribution in [3.8, 4) is 0 Å². The summed E-state index contributed by atoms with van der Waals surface area (Å²) in [7, 11) is 0.480. The second kappa shape index (κ2) is 8.71. The smallest absolute Gasteiger partial charge is 0.261 e. The van der Waals surface area contributed by atoms with Crippen molar-refractivity contribution in [2.24, 2.45) is 0 Å². The number of hydrogen-bond donors (Lipinski definition) is 1. The van der Waals surface area contributed by atoms with Crippen LogP contribution in [-0.2, 0) is 16.4 Å². The Morgan fingerprint density at radius 1 is 0.964 bits per heavy atom. The molecule has 0 unspecified atom stereocenters. The largest absolute Gasteiger partial charge is 0.309 e. The molecule has 0 bridgehead atoms. The molecule has 1 N–H and O–H groups in total. The Labute approximate surface area is 167 Å². The van der Waals surface area contributed by atoms with Crippen molar-refractivity contribution in [1.82, 2.24) is 9.88 Å². The number of nitrogens with zero attached hydrogens (tertiary/aromatic N) is 2. The Morgan fingerprint density at radius 3 is 2.43 bits per heavy atom. The van der Waals surface area contributed by atoms with Crippen molar-refractivity contribution < 1.29 is 8.42 Å². The number of para-hydroxylation sites is 1. The summed E-state index contributed by atoms with van der Waals surface area (Å²) in [6.45, 7) is 2.98. The molecule has 1 aromatic heterocycles. The number of fused-ring (bicyclic) bond motifs is 1. The number of rotatable bonds is 8. The molecular weight excluding hydrogens is 370 g/mol. The van der Waals surface area contributed by atoms with Crippen molar-refractivity contribution in [2.75, 3.05) is 25.4 Å². The van der Waals surface area contributed by atoms with Gasteiger partial charge in [0.2, 0.25) is 0 Å². The van der Waals surface area contributed by atoms with Crippen molar-refractivity contribution >= 4 is 26.6 Å². The van der Waals surface area contributed by atoms with Gasteiger partial charge in [0.05, 0.1) is 16.1 Å². The second-order valence-electron chi connectivity index (χ2n) is 7.36. The normalized spacial score (nSPS) is 11.9. The van der Waals surface area contributed by atoms with E-state index >= 15 is 0 Å². The van der Waals surface area contributed by atoms with Gasteiger partial charge in [-0.1, -0.05) is 35.9 Å². The summed E-state index contributed by atoms with van der Waals surface area (Å²) in [6.07, 6.45) is 3.03. The Hall–Kier alpha value is -2.44. The highest BCUT2D eigenvalue weighted by Crippen LogP contribution is 2.25. The number of unbranched alkanes of at least 4 members (excludes halogenated alkanes) is 1. The second-order valence-corrected chi connectivity index (χ2v) is 9.04. The summed E-state index contributed by atoms with van der Waals surface area (Å²) in [5, 5.41) is 0.918. The van der Waals surface area contributed by atoms with E-state index in [-0.39, 0.29) is 4.90 Å². The molecule has 0 saturated carbocycles. The Bertz CT molecular complexity index is 1050. The summed E-state index contributed by atoms with van der Waals surface area (Å²) in [5.41, 5.74) is 3.19. The number of sulfonamides is 1. The van der Waals surface area contributed by atoms with E-state index in [2.05, 4.69) is 23.7 Å². The van der Waals surface area contributed by atoms with Gasteiger partial charge in [-0.15, -0.1) is 0 Å². The first-order valence-electron chi connectivity index (χ1n) is 9.48. The molecule has 0 radical (unpaired) electrons. The maximum atomic E-state index is 12.8. The van der Waals surface area contributed by atoms with Crippen LogP contribution in [0.1, 0.15) is 24.1 Å². The molecule has 0 aliphatic carbocycles. The van der Waals surface area contributed by atoms with Crippen LogP contribution in [0.4, 0.5) is 5.69 Å². The van der Waals surface area contributed by atoms with Crippen LogP contribution in [0.2, 0.25) is 0 Å². The molecule has 5 nitrogen and oxygen atoms in total. The molecule has 0 atom stereocenters. The van der Waals surface area contributed by atoms with E-state index in [0.29, 0.717) is 11.2 Å². The van der Waals surface area contributed by atoms with Crippen molar-refractivity contribution in [2.45, 2.75) is 31.1 Å². The molecule has 0 fully saturated rings. The lowest BCUT2D eigenvalue weighted by Gasteiger charge is -2.12. The summed E-state index contributed by atoms with van der Waals surface area (Å²) >= 11 is 0. The van der Waals surface area contributed by atoms with Crippen LogP contribution in [0.25, 0.3) is 10.9 Å². The van der Waals surface area contributed by atoms with Gasteiger partial charge >= 0.3 is 0 Å². The van der Waals surface area contributed by atoms with Gasteiger partial charge in [0.15, 0.2) is 0 Å². The summed E-state index contributed by atoms with van der Waals surface area (Å²) in [5.74, 6) is 0. The zero-order chi connectivity index (χ0) is 20.1. The van der Waals surface area contributed by atoms with E-state index in [1.165, 1.54) is 0 Å². The molecule has 3 rings (SSSR count). The van der Waals surface area contributed by atoms with Gasteiger partial charge in [-0.3, -0.25) is 9.71 Å². The van der Waals surface area contributed by atoms with Crippen LogP contribution in [0.5, 0.6) is 0 Å². The number of benzene rings is 2. The number of pyridine rings is 1. The zero-order valence-corrected chi connectivity index (χ0v) is 17.5. The van der Waals surface area contributed by atoms with E-state index in [9.17, 15) is 8.42 Å². The Morgan fingerprint density at radius 2 is 1.71 bits per heavy atom. The molecule has 1 heterocycles. The number of aromatic nitrogens is 1. The summed E-state index contributed by atoms with van der Waals surface area (Å²) < 4.78 is 28.3. The molecule has 0 amide bonds. The van der Waals surface area contributed by atoms with Gasteiger partial charge in [0.25, 0.3) is 10.0 Å². The quantitative estimate of drug-likeness (QED) is 0.578. The molecule has 28 heavy (non-hydrogen) atoms. The van der Waals surface area contributed by atoms with Crippen LogP contribution >= 0.6 is 0 Å². The highest BCUT2D eigenvalue weighted by molar-refractivity contribution is 7.92. The lowest BCUT2D eigenvalue weighted by atomic mass is 10.1. The fourth-order valence-electron chi connectivity index (χ4n) is 3.06. The summed E-state index contributed by atoms with van der Waals surface area (Å²) in [6, 6.07) is 16.4. The highest BCUT2D eigenvalue weighted by Gasteiger charge is 2.16. The zero-order valence-electron chi connectivity index (χ0n) is 16.6. The molecule has 148 valence electrons. The fourth-order valence-corrected chi connectivity index (χ4v) is 4.13. The van der Waals surface area contributed by atoms with Gasteiger partial charge in [0, 0.05) is 11.1 Å². The average molecular weight is 398 g/mol. The van der Waals surface area contributed by atoms with E-state index in [1.54, 1.807) is 30.3 Å². The Balaban J connectivity index is 1.84. The molecule has 0 aliphatic heterocycles. The monoisotopic (exact) mass is 397 g/mol. The summed E-state index contributed by atoms with van der Waals surface area (Å²) in [4.78, 5) is 7.16. The van der Waals surface area contributed by atoms with Crippen molar-refractivity contribution in [1.29, 1.82) is 0 Å². The molecular formula is C22H27N3O2S. The lowest BCUT2D eigenvalue weighted by molar-refractivity contribution is 0.394. The van der Waals surface area contributed by atoms with Crippen LogP contribution < -0.4 is 4.72 Å². The van der Waals surface area contributed by atoms with Gasteiger partial charge < -0.3 is 4.90 Å². The van der Waals surface area contributed by atoms with E-state index in [4.69, 9.17) is 4.98 Å². The van der Waals surface area contributed by atoms with E-state index in [0.717, 1.165) is 42.5 Å². The lowest BCUT2D eigenvalue weighted by Crippen LogP contribution is -2.13. The van der Waals surface area contributed by atoms with Gasteiger partial charge in [-0.05, 0) is 71.1 Å². The predicted molar refractivity (Wildman–Crippen MR) is 115 cm³/mol. The molecule has 3 aromatic rings. The fraction of sp³-hybridized carbons (Fsp3) is 0.318.